The van der Waals surface area contributed by atoms with E-state index in [0.717, 1.165) is 0 Å². The first-order chi connectivity index (χ1) is 12.4. The minimum Gasteiger partial charge on any atom is -0.493 e. The molecule has 0 radical (unpaired) electrons. The molecule has 0 N–H and O–H groups in total. The Morgan fingerprint density at radius 1 is 1.04 bits per heavy atom. The van der Waals surface area contributed by atoms with Crippen LogP contribution >= 0.6 is 11.6 Å². The minimum atomic E-state index is -3.99. The molecule has 0 heterocycles. The Labute approximate surface area is 157 Å². The molecule has 2 aromatic carbocycles. The largest absolute Gasteiger partial charge is 0.493 e. The van der Waals surface area contributed by atoms with Gasteiger partial charge in [0.15, 0.2) is 11.5 Å². The predicted octanol–water partition coefficient (Wildman–Crippen LogP) is 3.70. The molecule has 26 heavy (non-hydrogen) atoms. The van der Waals surface area contributed by atoms with Gasteiger partial charge >= 0.3 is 0 Å². The first-order valence-corrected chi connectivity index (χ1v) is 9.16. The zero-order chi connectivity index (χ0) is 19.3. The molecule has 0 saturated carbocycles. The van der Waals surface area contributed by atoms with Gasteiger partial charge in [-0.2, -0.15) is 5.26 Å². The number of nitrogens with zero attached hydrogens (tertiary/aromatic N) is 1. The molecule has 0 aliphatic rings. The fraction of sp³-hybridized carbons (Fsp3) is 0.167. The van der Waals surface area contributed by atoms with Gasteiger partial charge in [0.1, 0.15) is 11.0 Å². The molecule has 0 bridgehead atoms. The lowest BCUT2D eigenvalue weighted by atomic mass is 10.1. The number of sulfone groups is 1. The maximum Gasteiger partial charge on any atom is 0.216 e. The SMILES string of the molecule is COc1cc(/C=C(\C#N)S(=O)(=O)c2ccc(Cl)cc2)cc(OC)c1OC. The lowest BCUT2D eigenvalue weighted by Gasteiger charge is -2.13. The van der Waals surface area contributed by atoms with Crippen molar-refractivity contribution in [3.05, 3.63) is 51.9 Å². The van der Waals surface area contributed by atoms with Crippen molar-refractivity contribution < 1.29 is 22.6 Å². The number of halogens is 1. The second-order valence-corrected chi connectivity index (χ2v) is 7.39. The van der Waals surface area contributed by atoms with Crippen LogP contribution in [0.2, 0.25) is 5.02 Å². The number of methoxy groups -OCH3 is 3. The maximum atomic E-state index is 12.7. The number of allylic oxidation sites excluding steroid dienone is 1. The van der Waals surface area contributed by atoms with E-state index in [1.165, 1.54) is 51.7 Å². The average molecular weight is 394 g/mol. The van der Waals surface area contributed by atoms with Crippen molar-refractivity contribution in [1.82, 2.24) is 0 Å². The van der Waals surface area contributed by atoms with Gasteiger partial charge in [0.05, 0.1) is 26.2 Å². The first kappa shape index (κ1) is 19.6. The van der Waals surface area contributed by atoms with Crippen molar-refractivity contribution >= 4 is 27.5 Å². The van der Waals surface area contributed by atoms with Crippen molar-refractivity contribution in [2.45, 2.75) is 4.90 Å². The first-order valence-electron chi connectivity index (χ1n) is 7.29. The van der Waals surface area contributed by atoms with E-state index in [9.17, 15) is 13.7 Å². The summed E-state index contributed by atoms with van der Waals surface area (Å²) in [6.07, 6.45) is 1.24. The lowest BCUT2D eigenvalue weighted by molar-refractivity contribution is 0.324. The summed E-state index contributed by atoms with van der Waals surface area (Å²) in [6, 6.07) is 10.4. The van der Waals surface area contributed by atoms with E-state index >= 15 is 0 Å². The molecule has 0 saturated heterocycles. The van der Waals surface area contributed by atoms with E-state index in [0.29, 0.717) is 27.8 Å². The van der Waals surface area contributed by atoms with Crippen molar-refractivity contribution in [3.8, 4) is 23.3 Å². The third kappa shape index (κ3) is 3.93. The lowest BCUT2D eigenvalue weighted by Crippen LogP contribution is -2.03. The fourth-order valence-electron chi connectivity index (χ4n) is 2.25. The van der Waals surface area contributed by atoms with Gasteiger partial charge in [0.25, 0.3) is 0 Å². The predicted molar refractivity (Wildman–Crippen MR) is 98.3 cm³/mol. The summed E-state index contributed by atoms with van der Waals surface area (Å²) in [7, 11) is 0.357. The number of ether oxygens (including phenoxy) is 3. The van der Waals surface area contributed by atoms with Crippen LogP contribution in [0.4, 0.5) is 0 Å². The van der Waals surface area contributed by atoms with Gasteiger partial charge in [-0.15, -0.1) is 0 Å². The molecule has 0 aliphatic carbocycles. The van der Waals surface area contributed by atoms with Crippen molar-refractivity contribution in [3.63, 3.8) is 0 Å². The second kappa shape index (κ2) is 8.13. The Morgan fingerprint density at radius 3 is 2.00 bits per heavy atom. The van der Waals surface area contributed by atoms with Crippen LogP contribution in [0.5, 0.6) is 17.2 Å². The summed E-state index contributed by atoms with van der Waals surface area (Å²) >= 11 is 5.79. The topological polar surface area (TPSA) is 85.6 Å². The van der Waals surface area contributed by atoms with Crippen LogP contribution in [0.15, 0.2) is 46.2 Å². The number of hydrogen-bond acceptors (Lipinski definition) is 6. The van der Waals surface area contributed by atoms with Gasteiger partial charge in [-0.05, 0) is 48.0 Å². The molecule has 0 unspecified atom stereocenters. The molecule has 136 valence electrons. The van der Waals surface area contributed by atoms with Gasteiger partial charge < -0.3 is 14.2 Å². The van der Waals surface area contributed by atoms with E-state index in [1.54, 1.807) is 18.2 Å². The summed E-state index contributed by atoms with van der Waals surface area (Å²) in [6.45, 7) is 0. The number of hydrogen-bond donors (Lipinski definition) is 0. The highest BCUT2D eigenvalue weighted by Gasteiger charge is 2.21. The molecule has 8 heteroatoms. The zero-order valence-corrected chi connectivity index (χ0v) is 15.9. The number of rotatable bonds is 6. The molecular formula is C18H16ClNO5S. The quantitative estimate of drug-likeness (QED) is 0.695. The Balaban J connectivity index is 2.59. The fourth-order valence-corrected chi connectivity index (χ4v) is 3.53. The van der Waals surface area contributed by atoms with Crippen LogP contribution in [-0.2, 0) is 9.84 Å². The smallest absolute Gasteiger partial charge is 0.216 e. The zero-order valence-electron chi connectivity index (χ0n) is 14.3. The minimum absolute atomic E-state index is 0.0258. The highest BCUT2D eigenvalue weighted by Crippen LogP contribution is 2.39. The molecular weight excluding hydrogens is 378 g/mol. The molecule has 2 rings (SSSR count). The summed E-state index contributed by atoms with van der Waals surface area (Å²) < 4.78 is 41.1. The van der Waals surface area contributed by atoms with Crippen LogP contribution in [0.1, 0.15) is 5.56 Å². The summed E-state index contributed by atoms with van der Waals surface area (Å²) in [5.41, 5.74) is 0.411. The second-order valence-electron chi connectivity index (χ2n) is 5.04. The molecule has 6 nitrogen and oxygen atoms in total. The highest BCUT2D eigenvalue weighted by molar-refractivity contribution is 7.95. The van der Waals surface area contributed by atoms with Crippen molar-refractivity contribution in [1.29, 1.82) is 5.26 Å². The standard InChI is InChI=1S/C18H16ClNO5S/c1-23-16-9-12(10-17(24-2)18(16)25-3)8-15(11-20)26(21,22)14-6-4-13(19)5-7-14/h4-10H,1-3H3/b15-8+. The van der Waals surface area contributed by atoms with E-state index in [1.807, 2.05) is 0 Å². The molecule has 0 spiro atoms. The highest BCUT2D eigenvalue weighted by atomic mass is 35.5. The molecule has 0 aliphatic heterocycles. The van der Waals surface area contributed by atoms with Crippen LogP contribution < -0.4 is 14.2 Å². The molecule has 0 aromatic heterocycles. The number of benzene rings is 2. The Morgan fingerprint density at radius 2 is 1.58 bits per heavy atom. The van der Waals surface area contributed by atoms with Crippen molar-refractivity contribution in [2.24, 2.45) is 0 Å². The average Bonchev–Trinajstić information content (AvgIpc) is 2.65. The molecule has 0 fully saturated rings. The third-order valence-corrected chi connectivity index (χ3v) is 5.44. The van der Waals surface area contributed by atoms with Gasteiger partial charge in [-0.25, -0.2) is 8.42 Å². The van der Waals surface area contributed by atoms with Gasteiger partial charge in [-0.1, -0.05) is 11.6 Å². The van der Waals surface area contributed by atoms with Crippen LogP contribution in [0.3, 0.4) is 0 Å². The van der Waals surface area contributed by atoms with Gasteiger partial charge in [-0.3, -0.25) is 0 Å². The van der Waals surface area contributed by atoms with Crippen LogP contribution in [0.25, 0.3) is 6.08 Å². The van der Waals surface area contributed by atoms with E-state index < -0.39 is 14.7 Å². The van der Waals surface area contributed by atoms with Crippen LogP contribution in [0, 0.1) is 11.3 Å². The summed E-state index contributed by atoms with van der Waals surface area (Å²) in [5.74, 6) is 1.06. The molecule has 0 atom stereocenters. The van der Waals surface area contributed by atoms with Crippen molar-refractivity contribution in [2.75, 3.05) is 21.3 Å². The molecule has 0 amide bonds. The molecule has 2 aromatic rings. The van der Waals surface area contributed by atoms with Gasteiger partial charge in [0, 0.05) is 5.02 Å². The maximum absolute atomic E-state index is 12.7. The van der Waals surface area contributed by atoms with E-state index in [2.05, 4.69) is 0 Å². The van der Waals surface area contributed by atoms with Crippen LogP contribution in [-0.4, -0.2) is 29.7 Å². The third-order valence-electron chi connectivity index (χ3n) is 3.51. The number of nitriles is 1. The van der Waals surface area contributed by atoms with E-state index in [-0.39, 0.29) is 4.90 Å². The normalized spacial score (nSPS) is 11.6. The Bertz CT molecular complexity index is 951. The monoisotopic (exact) mass is 393 g/mol. The Kier molecular flexibility index (Phi) is 6.14. The summed E-state index contributed by atoms with van der Waals surface area (Å²) in [5, 5.41) is 9.78. The summed E-state index contributed by atoms with van der Waals surface area (Å²) in [4.78, 5) is -0.448. The van der Waals surface area contributed by atoms with E-state index in [4.69, 9.17) is 25.8 Å². The Hall–Kier alpha value is -2.69. The van der Waals surface area contributed by atoms with Gasteiger partial charge in [0.2, 0.25) is 15.6 Å².